The lowest BCUT2D eigenvalue weighted by Crippen LogP contribution is -2.32. The molecule has 21 heavy (non-hydrogen) atoms. The van der Waals surface area contributed by atoms with Crippen molar-refractivity contribution in [1.29, 1.82) is 0 Å². The molecule has 1 N–H and O–H groups in total. The average molecular weight is 302 g/mol. The van der Waals surface area contributed by atoms with Gasteiger partial charge in [-0.15, -0.1) is 0 Å². The van der Waals surface area contributed by atoms with Crippen LogP contribution in [-0.2, 0) is 11.2 Å². The highest BCUT2D eigenvalue weighted by atomic mass is 35.5. The predicted octanol–water partition coefficient (Wildman–Crippen LogP) is 4.40. The van der Waals surface area contributed by atoms with E-state index in [1.165, 1.54) is 0 Å². The first kappa shape index (κ1) is 15.6. The minimum atomic E-state index is -0.0719. The minimum absolute atomic E-state index is 0.0198. The molecule has 0 fully saturated rings. The maximum absolute atomic E-state index is 12.3. The summed E-state index contributed by atoms with van der Waals surface area (Å²) in [6, 6.07) is 17.6. The van der Waals surface area contributed by atoms with Gasteiger partial charge in [0.25, 0.3) is 0 Å². The van der Waals surface area contributed by atoms with Gasteiger partial charge >= 0.3 is 0 Å². The normalized spacial score (nSPS) is 13.5. The molecule has 0 aromatic heterocycles. The lowest BCUT2D eigenvalue weighted by molar-refractivity contribution is -0.125. The van der Waals surface area contributed by atoms with E-state index in [2.05, 4.69) is 5.32 Å². The molecule has 0 saturated carbocycles. The van der Waals surface area contributed by atoms with Crippen LogP contribution < -0.4 is 5.32 Å². The van der Waals surface area contributed by atoms with Gasteiger partial charge in [0, 0.05) is 10.9 Å². The molecule has 2 unspecified atom stereocenters. The van der Waals surface area contributed by atoms with E-state index in [9.17, 15) is 4.79 Å². The molecule has 0 radical (unpaired) electrons. The summed E-state index contributed by atoms with van der Waals surface area (Å²) in [5, 5.41) is 3.78. The van der Waals surface area contributed by atoms with Crippen molar-refractivity contribution in [3.63, 3.8) is 0 Å². The van der Waals surface area contributed by atoms with Gasteiger partial charge < -0.3 is 5.32 Å². The molecule has 0 aliphatic heterocycles. The SMILES string of the molecule is CC(Cc1ccc(Cl)cc1)C(=O)NC(C)c1ccccc1. The van der Waals surface area contributed by atoms with Gasteiger partial charge in [-0.1, -0.05) is 61.0 Å². The van der Waals surface area contributed by atoms with Crippen molar-refractivity contribution < 1.29 is 4.79 Å². The second-order valence-corrected chi connectivity index (χ2v) is 5.81. The fraction of sp³-hybridized carbons (Fsp3) is 0.278. The third kappa shape index (κ3) is 4.61. The third-order valence-electron chi connectivity index (χ3n) is 3.56. The molecule has 1 amide bonds. The summed E-state index contributed by atoms with van der Waals surface area (Å²) in [7, 11) is 0. The van der Waals surface area contributed by atoms with Crippen LogP contribution in [0.3, 0.4) is 0 Å². The molecular formula is C18H20ClNO. The predicted molar refractivity (Wildman–Crippen MR) is 87.3 cm³/mol. The smallest absolute Gasteiger partial charge is 0.223 e. The number of hydrogen-bond acceptors (Lipinski definition) is 1. The lowest BCUT2D eigenvalue weighted by Gasteiger charge is -2.18. The first-order valence-electron chi connectivity index (χ1n) is 7.16. The Bertz CT molecular complexity index is 580. The van der Waals surface area contributed by atoms with Crippen LogP contribution in [0.1, 0.15) is 31.0 Å². The largest absolute Gasteiger partial charge is 0.349 e. The van der Waals surface area contributed by atoms with Crippen LogP contribution in [0.15, 0.2) is 54.6 Å². The highest BCUT2D eigenvalue weighted by Gasteiger charge is 2.16. The monoisotopic (exact) mass is 301 g/mol. The van der Waals surface area contributed by atoms with E-state index < -0.39 is 0 Å². The Balaban J connectivity index is 1.92. The fourth-order valence-electron chi connectivity index (χ4n) is 2.25. The van der Waals surface area contributed by atoms with Crippen LogP contribution in [0.2, 0.25) is 5.02 Å². The second kappa shape index (κ2) is 7.28. The van der Waals surface area contributed by atoms with Crippen LogP contribution in [0.4, 0.5) is 0 Å². The van der Waals surface area contributed by atoms with Crippen LogP contribution in [0, 0.1) is 5.92 Å². The maximum atomic E-state index is 12.3. The maximum Gasteiger partial charge on any atom is 0.223 e. The van der Waals surface area contributed by atoms with E-state index in [-0.39, 0.29) is 17.9 Å². The Morgan fingerprint density at radius 3 is 2.29 bits per heavy atom. The minimum Gasteiger partial charge on any atom is -0.349 e. The lowest BCUT2D eigenvalue weighted by atomic mass is 9.99. The Hall–Kier alpha value is -1.80. The molecule has 2 aromatic rings. The van der Waals surface area contributed by atoms with Gasteiger partial charge in [-0.2, -0.15) is 0 Å². The third-order valence-corrected chi connectivity index (χ3v) is 3.81. The van der Waals surface area contributed by atoms with Gasteiger partial charge in [0.2, 0.25) is 5.91 Å². The van der Waals surface area contributed by atoms with Gasteiger partial charge in [0.15, 0.2) is 0 Å². The summed E-state index contributed by atoms with van der Waals surface area (Å²) in [4.78, 5) is 12.3. The molecule has 2 nitrogen and oxygen atoms in total. The highest BCUT2D eigenvalue weighted by Crippen LogP contribution is 2.16. The quantitative estimate of drug-likeness (QED) is 0.871. The van der Waals surface area contributed by atoms with Crippen molar-refractivity contribution in [1.82, 2.24) is 5.32 Å². The van der Waals surface area contributed by atoms with Gasteiger partial charge in [0.1, 0.15) is 0 Å². The number of benzene rings is 2. The van der Waals surface area contributed by atoms with Crippen LogP contribution >= 0.6 is 11.6 Å². The summed E-state index contributed by atoms with van der Waals surface area (Å²) < 4.78 is 0. The Labute approximate surface area is 131 Å². The second-order valence-electron chi connectivity index (χ2n) is 5.37. The summed E-state index contributed by atoms with van der Waals surface area (Å²) in [6.45, 7) is 3.95. The standard InChI is InChI=1S/C18H20ClNO/c1-13(12-15-8-10-17(19)11-9-15)18(21)20-14(2)16-6-4-3-5-7-16/h3-11,13-14H,12H2,1-2H3,(H,20,21). The molecule has 110 valence electrons. The fourth-order valence-corrected chi connectivity index (χ4v) is 2.37. The number of amides is 1. The van der Waals surface area contributed by atoms with Gasteiger partial charge in [0.05, 0.1) is 6.04 Å². The van der Waals surface area contributed by atoms with E-state index in [0.29, 0.717) is 11.4 Å². The molecule has 0 saturated heterocycles. The molecule has 2 rings (SSSR count). The average Bonchev–Trinajstić information content (AvgIpc) is 2.50. The topological polar surface area (TPSA) is 29.1 Å². The number of halogens is 1. The summed E-state index contributed by atoms with van der Waals surface area (Å²) in [5.74, 6) is -0.00126. The van der Waals surface area contributed by atoms with E-state index in [0.717, 1.165) is 11.1 Å². The molecule has 0 aliphatic carbocycles. The van der Waals surface area contributed by atoms with Crippen molar-refractivity contribution in [2.24, 2.45) is 5.92 Å². The molecule has 0 spiro atoms. The van der Waals surface area contributed by atoms with E-state index in [1.54, 1.807) is 0 Å². The van der Waals surface area contributed by atoms with E-state index in [1.807, 2.05) is 68.4 Å². The van der Waals surface area contributed by atoms with Gasteiger partial charge in [-0.25, -0.2) is 0 Å². The van der Waals surface area contributed by atoms with Crippen molar-refractivity contribution in [3.05, 3.63) is 70.7 Å². The number of carbonyl (C=O) groups excluding carboxylic acids is 1. The zero-order chi connectivity index (χ0) is 15.2. The first-order valence-corrected chi connectivity index (χ1v) is 7.54. The van der Waals surface area contributed by atoms with E-state index in [4.69, 9.17) is 11.6 Å². The van der Waals surface area contributed by atoms with Gasteiger partial charge in [-0.3, -0.25) is 4.79 Å². The van der Waals surface area contributed by atoms with Crippen LogP contribution in [0.5, 0.6) is 0 Å². The van der Waals surface area contributed by atoms with Crippen LogP contribution in [-0.4, -0.2) is 5.91 Å². The zero-order valence-corrected chi connectivity index (χ0v) is 13.1. The van der Waals surface area contributed by atoms with Crippen molar-refractivity contribution in [3.8, 4) is 0 Å². The Kier molecular flexibility index (Phi) is 5.40. The Morgan fingerprint density at radius 1 is 1.05 bits per heavy atom. The number of carbonyl (C=O) groups is 1. The summed E-state index contributed by atoms with van der Waals surface area (Å²) in [5.41, 5.74) is 2.24. The zero-order valence-electron chi connectivity index (χ0n) is 12.3. The number of nitrogens with one attached hydrogen (secondary N) is 1. The van der Waals surface area contributed by atoms with Gasteiger partial charge in [-0.05, 0) is 36.6 Å². The number of hydrogen-bond donors (Lipinski definition) is 1. The molecule has 3 heteroatoms. The molecule has 0 bridgehead atoms. The first-order chi connectivity index (χ1) is 10.1. The molecular weight excluding hydrogens is 282 g/mol. The molecule has 0 aliphatic rings. The summed E-state index contributed by atoms with van der Waals surface area (Å²) >= 11 is 5.87. The molecule has 0 heterocycles. The van der Waals surface area contributed by atoms with Crippen molar-refractivity contribution in [2.45, 2.75) is 26.3 Å². The molecule has 2 aromatic carbocycles. The molecule has 2 atom stereocenters. The van der Waals surface area contributed by atoms with E-state index >= 15 is 0 Å². The Morgan fingerprint density at radius 2 is 1.67 bits per heavy atom. The van der Waals surface area contributed by atoms with Crippen molar-refractivity contribution >= 4 is 17.5 Å². The summed E-state index contributed by atoms with van der Waals surface area (Å²) in [6.07, 6.45) is 0.713. The van der Waals surface area contributed by atoms with Crippen molar-refractivity contribution in [2.75, 3.05) is 0 Å². The highest BCUT2D eigenvalue weighted by molar-refractivity contribution is 6.30. The van der Waals surface area contributed by atoms with Crippen LogP contribution in [0.25, 0.3) is 0 Å². The number of rotatable bonds is 5.